The van der Waals surface area contributed by atoms with Crippen molar-refractivity contribution in [2.24, 2.45) is 0 Å². The predicted molar refractivity (Wildman–Crippen MR) is 101 cm³/mol. The van der Waals surface area contributed by atoms with Crippen molar-refractivity contribution in [3.8, 4) is 5.75 Å². The third-order valence-electron chi connectivity index (χ3n) is 4.68. The zero-order valence-corrected chi connectivity index (χ0v) is 15.3. The Morgan fingerprint density at radius 3 is 2.72 bits per heavy atom. The van der Waals surface area contributed by atoms with Crippen LogP contribution < -0.4 is 10.1 Å². The molecule has 0 radical (unpaired) electrons. The van der Waals surface area contributed by atoms with Gasteiger partial charge in [0.2, 0.25) is 0 Å². The van der Waals surface area contributed by atoms with Crippen LogP contribution in [0.5, 0.6) is 5.75 Å². The lowest BCUT2D eigenvalue weighted by molar-refractivity contribution is -0.123. The summed E-state index contributed by atoms with van der Waals surface area (Å²) in [5.41, 5.74) is 4.08. The van der Waals surface area contributed by atoms with Gasteiger partial charge in [-0.2, -0.15) is 0 Å². The van der Waals surface area contributed by atoms with Gasteiger partial charge < -0.3 is 10.1 Å². The molecule has 0 bridgehead atoms. The van der Waals surface area contributed by atoms with Crippen molar-refractivity contribution in [1.82, 2.24) is 5.32 Å². The first kappa shape index (κ1) is 17.8. The highest BCUT2D eigenvalue weighted by molar-refractivity contribution is 6.30. The normalized spacial score (nSPS) is 14.5. The van der Waals surface area contributed by atoms with E-state index in [1.54, 1.807) is 24.3 Å². The lowest BCUT2D eigenvalue weighted by Crippen LogP contribution is -2.32. The topological polar surface area (TPSA) is 38.3 Å². The van der Waals surface area contributed by atoms with E-state index < -0.39 is 0 Å². The average molecular weight is 358 g/mol. The molecule has 1 atom stereocenters. The third-order valence-corrected chi connectivity index (χ3v) is 4.92. The molecule has 0 aromatic heterocycles. The highest BCUT2D eigenvalue weighted by atomic mass is 35.5. The first-order valence-electron chi connectivity index (χ1n) is 8.95. The molecule has 2 aromatic rings. The van der Waals surface area contributed by atoms with Gasteiger partial charge in [-0.05, 0) is 67.0 Å². The van der Waals surface area contributed by atoms with Gasteiger partial charge >= 0.3 is 0 Å². The number of carbonyl (C=O) groups excluding carboxylic acids is 1. The van der Waals surface area contributed by atoms with Gasteiger partial charge in [-0.15, -0.1) is 0 Å². The Balaban J connectivity index is 1.60. The van der Waals surface area contributed by atoms with Crippen LogP contribution in [0, 0.1) is 0 Å². The number of rotatable bonds is 6. The molecule has 0 aliphatic heterocycles. The number of halogens is 1. The van der Waals surface area contributed by atoms with E-state index >= 15 is 0 Å². The van der Waals surface area contributed by atoms with Crippen molar-refractivity contribution in [2.45, 2.75) is 45.1 Å². The van der Waals surface area contributed by atoms with E-state index in [-0.39, 0.29) is 18.6 Å². The highest BCUT2D eigenvalue weighted by Gasteiger charge is 2.16. The molecule has 0 saturated heterocycles. The fourth-order valence-corrected chi connectivity index (χ4v) is 3.51. The number of aryl methyl sites for hydroxylation is 2. The number of ether oxygens (including phenoxy) is 1. The smallest absolute Gasteiger partial charge is 0.258 e. The average Bonchev–Trinajstić information content (AvgIpc) is 2.64. The third kappa shape index (κ3) is 4.76. The highest BCUT2D eigenvalue weighted by Crippen LogP contribution is 2.26. The predicted octanol–water partition coefficient (Wildman–Crippen LogP) is 4.87. The zero-order chi connectivity index (χ0) is 17.6. The first-order chi connectivity index (χ1) is 12.2. The molecule has 0 fully saturated rings. The molecule has 3 rings (SSSR count). The van der Waals surface area contributed by atoms with Gasteiger partial charge in [0, 0.05) is 5.02 Å². The van der Waals surface area contributed by atoms with E-state index in [9.17, 15) is 4.79 Å². The molecule has 3 nitrogen and oxygen atoms in total. The van der Waals surface area contributed by atoms with Crippen LogP contribution in [0.4, 0.5) is 0 Å². The van der Waals surface area contributed by atoms with Gasteiger partial charge in [0.1, 0.15) is 5.75 Å². The zero-order valence-electron chi connectivity index (χ0n) is 14.6. The van der Waals surface area contributed by atoms with Crippen molar-refractivity contribution in [1.29, 1.82) is 0 Å². The van der Waals surface area contributed by atoms with Crippen molar-refractivity contribution < 1.29 is 9.53 Å². The van der Waals surface area contributed by atoms with Crippen LogP contribution in [0.15, 0.2) is 42.5 Å². The summed E-state index contributed by atoms with van der Waals surface area (Å²) in [4.78, 5) is 12.3. The molecule has 25 heavy (non-hydrogen) atoms. The number of hydrogen-bond donors (Lipinski definition) is 1. The number of hydrogen-bond acceptors (Lipinski definition) is 2. The Hall–Kier alpha value is -2.00. The molecular formula is C21H24ClNO2. The Labute approximate surface area is 154 Å². The summed E-state index contributed by atoms with van der Waals surface area (Å²) in [6.07, 6.45) is 5.70. The van der Waals surface area contributed by atoms with Crippen LogP contribution in [0.3, 0.4) is 0 Å². The van der Waals surface area contributed by atoms with Gasteiger partial charge in [-0.1, -0.05) is 42.8 Å². The summed E-state index contributed by atoms with van der Waals surface area (Å²) in [5.74, 6) is 0.481. The second-order valence-electron chi connectivity index (χ2n) is 6.51. The van der Waals surface area contributed by atoms with E-state index in [1.807, 2.05) is 0 Å². The lowest BCUT2D eigenvalue weighted by atomic mass is 9.89. The van der Waals surface area contributed by atoms with E-state index in [0.717, 1.165) is 12.8 Å². The minimum Gasteiger partial charge on any atom is -0.484 e. The van der Waals surface area contributed by atoms with Gasteiger partial charge in [0.05, 0.1) is 6.04 Å². The SMILES string of the molecule is CC[C@@H](NC(=O)COc1cccc(Cl)c1)c1ccc2c(c1)CCCC2. The molecule has 1 N–H and O–H groups in total. The largest absolute Gasteiger partial charge is 0.484 e. The quantitative estimate of drug-likeness (QED) is 0.801. The van der Waals surface area contributed by atoms with E-state index in [0.29, 0.717) is 10.8 Å². The van der Waals surface area contributed by atoms with Crippen molar-refractivity contribution in [2.75, 3.05) is 6.61 Å². The maximum atomic E-state index is 12.3. The van der Waals surface area contributed by atoms with Gasteiger partial charge in [0.25, 0.3) is 5.91 Å². The number of amides is 1. The molecule has 2 aromatic carbocycles. The van der Waals surface area contributed by atoms with Gasteiger partial charge in [-0.25, -0.2) is 0 Å². The summed E-state index contributed by atoms with van der Waals surface area (Å²) in [6.45, 7) is 2.07. The molecule has 1 aliphatic carbocycles. The molecule has 0 saturated carbocycles. The summed E-state index contributed by atoms with van der Waals surface area (Å²) in [5, 5.41) is 3.67. The van der Waals surface area contributed by atoms with Crippen LogP contribution in [-0.2, 0) is 17.6 Å². The molecule has 0 heterocycles. The number of nitrogens with one attached hydrogen (secondary N) is 1. The minimum atomic E-state index is -0.121. The summed E-state index contributed by atoms with van der Waals surface area (Å²) in [6, 6.07) is 13.7. The Morgan fingerprint density at radius 1 is 1.16 bits per heavy atom. The van der Waals surface area contributed by atoms with Crippen molar-refractivity contribution in [3.63, 3.8) is 0 Å². The Bertz CT molecular complexity index is 744. The number of fused-ring (bicyclic) bond motifs is 1. The van der Waals surface area contributed by atoms with Crippen LogP contribution in [-0.4, -0.2) is 12.5 Å². The summed E-state index contributed by atoms with van der Waals surface area (Å²) >= 11 is 5.92. The van der Waals surface area contributed by atoms with Crippen LogP contribution >= 0.6 is 11.6 Å². The molecule has 1 amide bonds. The van der Waals surface area contributed by atoms with E-state index in [2.05, 4.69) is 30.4 Å². The minimum absolute atomic E-state index is 0.0121. The lowest BCUT2D eigenvalue weighted by Gasteiger charge is -2.21. The second kappa shape index (κ2) is 8.39. The van der Waals surface area contributed by atoms with Crippen LogP contribution in [0.1, 0.15) is 48.9 Å². The first-order valence-corrected chi connectivity index (χ1v) is 9.33. The number of carbonyl (C=O) groups is 1. The van der Waals surface area contributed by atoms with Gasteiger partial charge in [-0.3, -0.25) is 4.79 Å². The second-order valence-corrected chi connectivity index (χ2v) is 6.95. The monoisotopic (exact) mass is 357 g/mol. The number of benzene rings is 2. The van der Waals surface area contributed by atoms with Crippen LogP contribution in [0.25, 0.3) is 0 Å². The molecule has 0 spiro atoms. The van der Waals surface area contributed by atoms with E-state index in [4.69, 9.17) is 16.3 Å². The van der Waals surface area contributed by atoms with Crippen molar-refractivity contribution in [3.05, 3.63) is 64.2 Å². The van der Waals surface area contributed by atoms with Gasteiger partial charge in [0.15, 0.2) is 6.61 Å². The van der Waals surface area contributed by atoms with Crippen molar-refractivity contribution >= 4 is 17.5 Å². The molecular weight excluding hydrogens is 334 g/mol. The maximum Gasteiger partial charge on any atom is 0.258 e. The molecule has 1 aliphatic rings. The molecule has 132 valence electrons. The van der Waals surface area contributed by atoms with E-state index in [1.165, 1.54) is 36.0 Å². The maximum absolute atomic E-state index is 12.3. The standard InChI is InChI=1S/C21H24ClNO2/c1-2-20(17-11-10-15-6-3-4-7-16(15)12-17)23-21(24)14-25-19-9-5-8-18(22)13-19/h5,8-13,20H,2-4,6-7,14H2,1H3,(H,23,24)/t20-/m1/s1. The molecule has 4 heteroatoms. The fraction of sp³-hybridized carbons (Fsp3) is 0.381. The summed E-state index contributed by atoms with van der Waals surface area (Å²) in [7, 11) is 0. The summed E-state index contributed by atoms with van der Waals surface area (Å²) < 4.78 is 5.52. The Kier molecular flexibility index (Phi) is 5.98. The fourth-order valence-electron chi connectivity index (χ4n) is 3.33. The molecule has 0 unspecified atom stereocenters. The van der Waals surface area contributed by atoms with Crippen LogP contribution in [0.2, 0.25) is 5.02 Å². The Morgan fingerprint density at radius 2 is 1.96 bits per heavy atom.